The van der Waals surface area contributed by atoms with Gasteiger partial charge in [-0.05, 0) is 69.0 Å². The lowest BCUT2D eigenvalue weighted by atomic mass is 10.1. The normalized spacial score (nSPS) is 11.9. The number of benzene rings is 2. The van der Waals surface area contributed by atoms with E-state index < -0.39 is 0 Å². The molecule has 0 heterocycles. The molecule has 0 saturated heterocycles. The number of rotatable bonds is 4. The molecular weight excluding hydrogens is 272 g/mol. The van der Waals surface area contributed by atoms with E-state index in [2.05, 4.69) is 28.8 Å². The summed E-state index contributed by atoms with van der Waals surface area (Å²) in [4.78, 5) is 12.4. The fourth-order valence-corrected chi connectivity index (χ4v) is 2.30. The highest BCUT2D eigenvalue weighted by Gasteiger charge is 2.14. The van der Waals surface area contributed by atoms with Crippen LogP contribution in [0, 0.1) is 27.7 Å². The van der Waals surface area contributed by atoms with Gasteiger partial charge < -0.3 is 10.6 Å². The van der Waals surface area contributed by atoms with Gasteiger partial charge in [0.15, 0.2) is 0 Å². The minimum atomic E-state index is -0.305. The molecule has 2 aromatic rings. The van der Waals surface area contributed by atoms with Crippen LogP contribution in [0.3, 0.4) is 0 Å². The molecule has 2 N–H and O–H groups in total. The molecule has 0 radical (unpaired) electrons. The molecular formula is C19H24N2O. The number of nitrogens with one attached hydrogen (secondary N) is 2. The van der Waals surface area contributed by atoms with Crippen molar-refractivity contribution in [3.63, 3.8) is 0 Å². The molecule has 1 unspecified atom stereocenters. The van der Waals surface area contributed by atoms with Crippen LogP contribution in [-0.2, 0) is 4.79 Å². The molecule has 0 saturated carbocycles. The van der Waals surface area contributed by atoms with Gasteiger partial charge in [0.2, 0.25) is 5.91 Å². The van der Waals surface area contributed by atoms with Gasteiger partial charge in [0.1, 0.15) is 6.04 Å². The van der Waals surface area contributed by atoms with Crippen LogP contribution in [0.5, 0.6) is 0 Å². The van der Waals surface area contributed by atoms with Gasteiger partial charge in [-0.3, -0.25) is 4.79 Å². The second kappa shape index (κ2) is 6.65. The zero-order valence-corrected chi connectivity index (χ0v) is 13.9. The summed E-state index contributed by atoms with van der Waals surface area (Å²) in [7, 11) is 0. The standard InChI is InChI=1S/C19H24N2O/c1-12-6-8-14(3)17(10-12)20-16(5)19(22)21-18-11-13(2)7-9-15(18)4/h6-11,16,20H,1-5H3,(H,21,22). The van der Waals surface area contributed by atoms with E-state index in [4.69, 9.17) is 0 Å². The van der Waals surface area contributed by atoms with Crippen LogP contribution in [0.4, 0.5) is 11.4 Å². The number of amides is 1. The maximum absolute atomic E-state index is 12.4. The van der Waals surface area contributed by atoms with Gasteiger partial charge in [0.25, 0.3) is 0 Å². The summed E-state index contributed by atoms with van der Waals surface area (Å²) in [6.07, 6.45) is 0. The highest BCUT2D eigenvalue weighted by Crippen LogP contribution is 2.19. The van der Waals surface area contributed by atoms with E-state index >= 15 is 0 Å². The summed E-state index contributed by atoms with van der Waals surface area (Å²) in [6.45, 7) is 9.98. The highest BCUT2D eigenvalue weighted by atomic mass is 16.2. The quantitative estimate of drug-likeness (QED) is 0.880. The first-order valence-electron chi connectivity index (χ1n) is 7.58. The lowest BCUT2D eigenvalue weighted by Crippen LogP contribution is -2.32. The molecule has 0 aliphatic heterocycles. The van der Waals surface area contributed by atoms with Gasteiger partial charge in [0, 0.05) is 11.4 Å². The second-order valence-corrected chi connectivity index (χ2v) is 5.99. The van der Waals surface area contributed by atoms with Gasteiger partial charge in [-0.1, -0.05) is 24.3 Å². The van der Waals surface area contributed by atoms with Crippen LogP contribution in [0.25, 0.3) is 0 Å². The first-order valence-corrected chi connectivity index (χ1v) is 7.58. The maximum Gasteiger partial charge on any atom is 0.246 e. The Bertz CT molecular complexity index is 692. The molecule has 1 atom stereocenters. The Morgan fingerprint density at radius 2 is 1.36 bits per heavy atom. The van der Waals surface area contributed by atoms with Gasteiger partial charge in [0.05, 0.1) is 0 Å². The van der Waals surface area contributed by atoms with Crippen LogP contribution in [-0.4, -0.2) is 11.9 Å². The van der Waals surface area contributed by atoms with Gasteiger partial charge in [-0.25, -0.2) is 0 Å². The Morgan fingerprint density at radius 1 is 0.864 bits per heavy atom. The zero-order chi connectivity index (χ0) is 16.3. The van der Waals surface area contributed by atoms with E-state index in [-0.39, 0.29) is 11.9 Å². The first-order chi connectivity index (χ1) is 10.4. The zero-order valence-electron chi connectivity index (χ0n) is 13.9. The van der Waals surface area contributed by atoms with E-state index in [0.29, 0.717) is 0 Å². The maximum atomic E-state index is 12.4. The van der Waals surface area contributed by atoms with Gasteiger partial charge in [-0.2, -0.15) is 0 Å². The Morgan fingerprint density at radius 3 is 1.95 bits per heavy atom. The van der Waals surface area contributed by atoms with E-state index in [1.807, 2.05) is 52.8 Å². The van der Waals surface area contributed by atoms with Crippen LogP contribution in [0.1, 0.15) is 29.2 Å². The van der Waals surface area contributed by atoms with Gasteiger partial charge >= 0.3 is 0 Å². The van der Waals surface area contributed by atoms with Crippen LogP contribution >= 0.6 is 0 Å². The summed E-state index contributed by atoms with van der Waals surface area (Å²) in [5.74, 6) is -0.0328. The third-order valence-electron chi connectivity index (χ3n) is 3.81. The summed E-state index contributed by atoms with van der Waals surface area (Å²) in [6, 6.07) is 12.0. The summed E-state index contributed by atoms with van der Waals surface area (Å²) in [5, 5.41) is 6.30. The number of carbonyl (C=O) groups is 1. The monoisotopic (exact) mass is 296 g/mol. The van der Waals surface area contributed by atoms with Crippen molar-refractivity contribution in [3.8, 4) is 0 Å². The molecule has 0 spiro atoms. The molecule has 0 fully saturated rings. The van der Waals surface area contributed by atoms with Crippen LogP contribution in [0.15, 0.2) is 36.4 Å². The fourth-order valence-electron chi connectivity index (χ4n) is 2.30. The third kappa shape index (κ3) is 3.88. The molecule has 3 heteroatoms. The van der Waals surface area contributed by atoms with Crippen molar-refractivity contribution < 1.29 is 4.79 Å². The smallest absolute Gasteiger partial charge is 0.246 e. The highest BCUT2D eigenvalue weighted by molar-refractivity contribution is 5.97. The Hall–Kier alpha value is -2.29. The van der Waals surface area contributed by atoms with Gasteiger partial charge in [-0.15, -0.1) is 0 Å². The molecule has 0 bridgehead atoms. The number of carbonyl (C=O) groups excluding carboxylic acids is 1. The SMILES string of the molecule is Cc1ccc(C)c(NC(=O)C(C)Nc2cc(C)ccc2C)c1. The fraction of sp³-hybridized carbons (Fsp3) is 0.316. The summed E-state index contributed by atoms with van der Waals surface area (Å²) < 4.78 is 0. The van der Waals surface area contributed by atoms with Crippen molar-refractivity contribution in [1.82, 2.24) is 0 Å². The van der Waals surface area contributed by atoms with E-state index in [1.165, 1.54) is 5.56 Å². The number of hydrogen-bond donors (Lipinski definition) is 2. The molecule has 1 amide bonds. The third-order valence-corrected chi connectivity index (χ3v) is 3.81. The molecule has 0 aromatic heterocycles. The average Bonchev–Trinajstić information content (AvgIpc) is 2.46. The Balaban J connectivity index is 2.09. The summed E-state index contributed by atoms with van der Waals surface area (Å²) in [5.41, 5.74) is 6.39. The van der Waals surface area contributed by atoms with Crippen molar-refractivity contribution in [3.05, 3.63) is 58.7 Å². The number of aryl methyl sites for hydroxylation is 4. The van der Waals surface area contributed by atoms with Crippen molar-refractivity contribution in [1.29, 1.82) is 0 Å². The molecule has 0 aliphatic carbocycles. The molecule has 2 aromatic carbocycles. The predicted molar refractivity (Wildman–Crippen MR) is 93.5 cm³/mol. The van der Waals surface area contributed by atoms with E-state index in [1.54, 1.807) is 0 Å². The second-order valence-electron chi connectivity index (χ2n) is 5.99. The molecule has 116 valence electrons. The van der Waals surface area contributed by atoms with Crippen molar-refractivity contribution >= 4 is 17.3 Å². The van der Waals surface area contributed by atoms with Crippen molar-refractivity contribution in [2.75, 3.05) is 10.6 Å². The largest absolute Gasteiger partial charge is 0.374 e. The molecule has 3 nitrogen and oxygen atoms in total. The average molecular weight is 296 g/mol. The number of anilines is 2. The van der Waals surface area contributed by atoms with Crippen LogP contribution in [0.2, 0.25) is 0 Å². The summed E-state index contributed by atoms with van der Waals surface area (Å²) >= 11 is 0. The lowest BCUT2D eigenvalue weighted by molar-refractivity contribution is -0.116. The predicted octanol–water partition coefficient (Wildman–Crippen LogP) is 4.36. The lowest BCUT2D eigenvalue weighted by Gasteiger charge is -2.18. The van der Waals surface area contributed by atoms with E-state index in [9.17, 15) is 4.79 Å². The first kappa shape index (κ1) is 16.1. The molecule has 22 heavy (non-hydrogen) atoms. The van der Waals surface area contributed by atoms with Crippen molar-refractivity contribution in [2.45, 2.75) is 40.7 Å². The Labute approximate surface area is 132 Å². The minimum absolute atomic E-state index is 0.0328. The minimum Gasteiger partial charge on any atom is -0.374 e. The Kier molecular flexibility index (Phi) is 4.86. The molecule has 2 rings (SSSR count). The van der Waals surface area contributed by atoms with Crippen LogP contribution < -0.4 is 10.6 Å². The van der Waals surface area contributed by atoms with Crippen molar-refractivity contribution in [2.24, 2.45) is 0 Å². The molecule has 0 aliphatic rings. The van der Waals surface area contributed by atoms with E-state index in [0.717, 1.165) is 28.1 Å². The number of hydrogen-bond acceptors (Lipinski definition) is 2. The topological polar surface area (TPSA) is 41.1 Å².